The van der Waals surface area contributed by atoms with E-state index in [1.807, 2.05) is 0 Å². The van der Waals surface area contributed by atoms with E-state index < -0.39 is 0 Å². The van der Waals surface area contributed by atoms with Gasteiger partial charge in [0.25, 0.3) is 0 Å². The summed E-state index contributed by atoms with van der Waals surface area (Å²) in [4.78, 5) is 1.35. The van der Waals surface area contributed by atoms with Gasteiger partial charge in [0.15, 0.2) is 0 Å². The van der Waals surface area contributed by atoms with Crippen molar-refractivity contribution in [2.24, 2.45) is 5.84 Å². The highest BCUT2D eigenvalue weighted by Gasteiger charge is 2.09. The minimum Gasteiger partial charge on any atom is -0.271 e. The summed E-state index contributed by atoms with van der Waals surface area (Å²) in [5, 5.41) is 2.11. The van der Waals surface area contributed by atoms with Gasteiger partial charge in [0.1, 0.15) is 0 Å². The van der Waals surface area contributed by atoms with E-state index >= 15 is 0 Å². The number of hydrazine groups is 1. The molecule has 1 rings (SSSR count). The fourth-order valence-electron chi connectivity index (χ4n) is 1.75. The third-order valence-corrected chi connectivity index (χ3v) is 3.67. The van der Waals surface area contributed by atoms with Gasteiger partial charge in [-0.2, -0.15) is 0 Å². The molecule has 0 aliphatic rings. The molecule has 0 spiro atoms. The van der Waals surface area contributed by atoms with E-state index in [2.05, 4.69) is 29.9 Å². The van der Waals surface area contributed by atoms with Crippen LogP contribution in [0.1, 0.15) is 56.4 Å². The SMILES string of the molecule is CCCCCCCC(NN)c1cccs1. The van der Waals surface area contributed by atoms with E-state index in [0.717, 1.165) is 6.42 Å². The molecule has 0 aliphatic carbocycles. The summed E-state index contributed by atoms with van der Waals surface area (Å²) >= 11 is 1.78. The number of hydrogen-bond donors (Lipinski definition) is 2. The summed E-state index contributed by atoms with van der Waals surface area (Å²) in [6.45, 7) is 2.25. The van der Waals surface area contributed by atoms with Crippen molar-refractivity contribution in [2.45, 2.75) is 51.5 Å². The maximum Gasteiger partial charge on any atom is 0.0553 e. The zero-order chi connectivity index (χ0) is 10.9. The van der Waals surface area contributed by atoms with Gasteiger partial charge < -0.3 is 0 Å². The molecule has 1 aromatic rings. The zero-order valence-electron chi connectivity index (χ0n) is 9.54. The summed E-state index contributed by atoms with van der Waals surface area (Å²) in [6, 6.07) is 4.59. The summed E-state index contributed by atoms with van der Waals surface area (Å²) in [6.07, 6.45) is 7.78. The summed E-state index contributed by atoms with van der Waals surface area (Å²) in [7, 11) is 0. The lowest BCUT2D eigenvalue weighted by Crippen LogP contribution is -2.27. The van der Waals surface area contributed by atoms with Crippen LogP contribution in [0.5, 0.6) is 0 Å². The predicted molar refractivity (Wildman–Crippen MR) is 67.8 cm³/mol. The van der Waals surface area contributed by atoms with E-state index in [0.29, 0.717) is 6.04 Å². The fraction of sp³-hybridized carbons (Fsp3) is 0.667. The molecule has 0 fully saturated rings. The monoisotopic (exact) mass is 226 g/mol. The molecule has 0 saturated heterocycles. The van der Waals surface area contributed by atoms with Gasteiger partial charge in [-0.05, 0) is 17.9 Å². The molecule has 0 saturated carbocycles. The smallest absolute Gasteiger partial charge is 0.0553 e. The van der Waals surface area contributed by atoms with Gasteiger partial charge in [-0.25, -0.2) is 0 Å². The van der Waals surface area contributed by atoms with Crippen LogP contribution < -0.4 is 11.3 Å². The van der Waals surface area contributed by atoms with E-state index in [1.54, 1.807) is 11.3 Å². The molecule has 1 unspecified atom stereocenters. The molecule has 86 valence electrons. The molecule has 0 aromatic carbocycles. The van der Waals surface area contributed by atoms with Gasteiger partial charge in [0, 0.05) is 4.88 Å². The quantitative estimate of drug-likeness (QED) is 0.404. The Kier molecular flexibility index (Phi) is 6.64. The van der Waals surface area contributed by atoms with Crippen LogP contribution in [0.15, 0.2) is 17.5 Å². The first-order valence-electron chi connectivity index (χ1n) is 5.88. The third-order valence-electron chi connectivity index (χ3n) is 2.68. The molecule has 1 atom stereocenters. The first-order valence-corrected chi connectivity index (χ1v) is 6.76. The normalized spacial score (nSPS) is 12.9. The summed E-state index contributed by atoms with van der Waals surface area (Å²) < 4.78 is 0. The summed E-state index contributed by atoms with van der Waals surface area (Å²) in [5.41, 5.74) is 2.91. The van der Waals surface area contributed by atoms with Gasteiger partial charge in [-0.1, -0.05) is 45.1 Å². The van der Waals surface area contributed by atoms with E-state index in [4.69, 9.17) is 5.84 Å². The number of nitrogens with one attached hydrogen (secondary N) is 1. The Bertz CT molecular complexity index is 234. The lowest BCUT2D eigenvalue weighted by Gasteiger charge is -2.13. The molecule has 3 N–H and O–H groups in total. The highest BCUT2D eigenvalue weighted by Crippen LogP contribution is 2.23. The van der Waals surface area contributed by atoms with E-state index in [1.165, 1.54) is 37.0 Å². The highest BCUT2D eigenvalue weighted by atomic mass is 32.1. The van der Waals surface area contributed by atoms with Gasteiger partial charge in [0.2, 0.25) is 0 Å². The van der Waals surface area contributed by atoms with Gasteiger partial charge in [-0.15, -0.1) is 11.3 Å². The first kappa shape index (κ1) is 12.7. The average molecular weight is 226 g/mol. The van der Waals surface area contributed by atoms with Crippen molar-refractivity contribution in [1.29, 1.82) is 0 Å². The largest absolute Gasteiger partial charge is 0.271 e. The van der Waals surface area contributed by atoms with Crippen LogP contribution >= 0.6 is 11.3 Å². The molecular formula is C12H22N2S. The maximum absolute atomic E-state index is 5.56. The molecule has 1 heterocycles. The number of unbranched alkanes of at least 4 members (excludes halogenated alkanes) is 4. The molecule has 0 amide bonds. The molecule has 1 aromatic heterocycles. The van der Waals surface area contributed by atoms with Crippen LogP contribution in [0.4, 0.5) is 0 Å². The number of hydrogen-bond acceptors (Lipinski definition) is 3. The van der Waals surface area contributed by atoms with Crippen molar-refractivity contribution < 1.29 is 0 Å². The molecule has 0 bridgehead atoms. The van der Waals surface area contributed by atoms with Crippen molar-refractivity contribution in [3.8, 4) is 0 Å². The summed E-state index contributed by atoms with van der Waals surface area (Å²) in [5.74, 6) is 5.56. The Balaban J connectivity index is 2.18. The average Bonchev–Trinajstić information content (AvgIpc) is 2.77. The van der Waals surface area contributed by atoms with Crippen LogP contribution in [0.3, 0.4) is 0 Å². The van der Waals surface area contributed by atoms with Crippen molar-refractivity contribution >= 4 is 11.3 Å². The molecule has 2 nitrogen and oxygen atoms in total. The van der Waals surface area contributed by atoms with Crippen LogP contribution in [0.25, 0.3) is 0 Å². The minimum absolute atomic E-state index is 0.353. The van der Waals surface area contributed by atoms with Crippen LogP contribution in [-0.4, -0.2) is 0 Å². The second-order valence-electron chi connectivity index (χ2n) is 3.94. The van der Waals surface area contributed by atoms with E-state index in [9.17, 15) is 0 Å². The third kappa shape index (κ3) is 4.78. The Labute approximate surface area is 96.9 Å². The standard InChI is InChI=1S/C12H22N2S/c1-2-3-4-5-6-8-11(14-13)12-9-7-10-15-12/h7,9-11,14H,2-6,8,13H2,1H3. The Morgan fingerprint density at radius 3 is 2.73 bits per heavy atom. The molecule has 3 heteroatoms. The van der Waals surface area contributed by atoms with E-state index in [-0.39, 0.29) is 0 Å². The fourth-order valence-corrected chi connectivity index (χ4v) is 2.57. The Morgan fingerprint density at radius 1 is 1.33 bits per heavy atom. The Hall–Kier alpha value is -0.380. The maximum atomic E-state index is 5.56. The lowest BCUT2D eigenvalue weighted by molar-refractivity contribution is 0.484. The second kappa shape index (κ2) is 7.85. The molecule has 15 heavy (non-hydrogen) atoms. The van der Waals surface area contributed by atoms with Gasteiger partial charge in [-0.3, -0.25) is 11.3 Å². The first-order chi connectivity index (χ1) is 7.38. The number of nitrogens with two attached hydrogens (primary N) is 1. The van der Waals surface area contributed by atoms with Crippen molar-refractivity contribution in [2.75, 3.05) is 0 Å². The predicted octanol–water partition coefficient (Wildman–Crippen LogP) is 3.61. The Morgan fingerprint density at radius 2 is 2.13 bits per heavy atom. The molecular weight excluding hydrogens is 204 g/mol. The molecule has 0 aliphatic heterocycles. The van der Waals surface area contributed by atoms with Crippen LogP contribution in [0, 0.1) is 0 Å². The number of rotatable bonds is 8. The second-order valence-corrected chi connectivity index (χ2v) is 4.92. The zero-order valence-corrected chi connectivity index (χ0v) is 10.4. The minimum atomic E-state index is 0.353. The van der Waals surface area contributed by atoms with Gasteiger partial charge >= 0.3 is 0 Å². The highest BCUT2D eigenvalue weighted by molar-refractivity contribution is 7.10. The number of thiophene rings is 1. The van der Waals surface area contributed by atoms with Crippen LogP contribution in [0.2, 0.25) is 0 Å². The molecule has 0 radical (unpaired) electrons. The lowest BCUT2D eigenvalue weighted by atomic mass is 10.1. The van der Waals surface area contributed by atoms with Crippen molar-refractivity contribution in [1.82, 2.24) is 5.43 Å². The van der Waals surface area contributed by atoms with Gasteiger partial charge in [0.05, 0.1) is 6.04 Å². The van der Waals surface area contributed by atoms with Crippen LogP contribution in [-0.2, 0) is 0 Å². The van der Waals surface area contributed by atoms with Crippen molar-refractivity contribution in [3.63, 3.8) is 0 Å². The van der Waals surface area contributed by atoms with Crippen molar-refractivity contribution in [3.05, 3.63) is 22.4 Å². The topological polar surface area (TPSA) is 38.0 Å².